The van der Waals surface area contributed by atoms with Gasteiger partial charge in [0.2, 0.25) is 5.91 Å². The highest BCUT2D eigenvalue weighted by molar-refractivity contribution is 7.90. The molecule has 1 aromatic rings. The summed E-state index contributed by atoms with van der Waals surface area (Å²) in [5.41, 5.74) is 0.595. The first-order valence-electron chi connectivity index (χ1n) is 9.20. The van der Waals surface area contributed by atoms with Crippen LogP contribution in [-0.4, -0.2) is 46.3 Å². The van der Waals surface area contributed by atoms with Gasteiger partial charge in [0.15, 0.2) is 0 Å². The number of aliphatic imine (C=N–C) groups is 1. The molecule has 1 unspecified atom stereocenters. The van der Waals surface area contributed by atoms with Crippen molar-refractivity contribution in [2.45, 2.75) is 37.0 Å². The maximum atomic E-state index is 12.0. The largest absolute Gasteiger partial charge is 0.356 e. The van der Waals surface area contributed by atoms with E-state index < -0.39 is 10.0 Å². The Hall–Kier alpha value is -1.64. The minimum Gasteiger partial charge on any atom is -0.356 e. The van der Waals surface area contributed by atoms with Crippen LogP contribution in [0.3, 0.4) is 0 Å². The first-order chi connectivity index (χ1) is 12.6. The van der Waals surface area contributed by atoms with Crippen LogP contribution in [0, 0.1) is 5.92 Å². The number of hydrogen-bond donors (Lipinski definition) is 3. The van der Waals surface area contributed by atoms with Crippen LogP contribution in [0.1, 0.15) is 37.7 Å². The average molecular weight is 415 g/mol. The summed E-state index contributed by atoms with van der Waals surface area (Å²) in [6, 6.07) is 6.77. The molecule has 1 amide bonds. The van der Waals surface area contributed by atoms with Crippen molar-refractivity contribution in [3.8, 4) is 0 Å². The number of halogens is 1. The van der Waals surface area contributed by atoms with Gasteiger partial charge in [-0.15, -0.1) is 12.4 Å². The van der Waals surface area contributed by atoms with Crippen molar-refractivity contribution < 1.29 is 13.2 Å². The van der Waals surface area contributed by atoms with E-state index >= 15 is 0 Å². The SMILES string of the molecule is Cl.O=C(CCCN=C1NS(=O)(=O)c2ccccc21)NCCC1CCCNC1. The molecule has 150 valence electrons. The summed E-state index contributed by atoms with van der Waals surface area (Å²) in [5.74, 6) is 1.05. The van der Waals surface area contributed by atoms with Crippen LogP contribution in [0.4, 0.5) is 0 Å². The zero-order valence-corrected chi connectivity index (χ0v) is 16.9. The second kappa shape index (κ2) is 10.1. The Morgan fingerprint density at radius 3 is 2.89 bits per heavy atom. The molecule has 27 heavy (non-hydrogen) atoms. The predicted molar refractivity (Wildman–Crippen MR) is 108 cm³/mol. The first kappa shape index (κ1) is 21.7. The van der Waals surface area contributed by atoms with Crippen LogP contribution < -0.4 is 15.4 Å². The minimum absolute atomic E-state index is 0. The summed E-state index contributed by atoms with van der Waals surface area (Å²) >= 11 is 0. The number of benzene rings is 1. The number of sulfonamides is 1. The molecule has 0 bridgehead atoms. The van der Waals surface area contributed by atoms with Crippen LogP contribution in [0.15, 0.2) is 34.2 Å². The van der Waals surface area contributed by atoms with Gasteiger partial charge in [-0.1, -0.05) is 12.1 Å². The number of amides is 1. The summed E-state index contributed by atoms with van der Waals surface area (Å²) < 4.78 is 26.5. The quantitative estimate of drug-likeness (QED) is 0.587. The van der Waals surface area contributed by atoms with Gasteiger partial charge in [0.25, 0.3) is 10.0 Å². The number of carbonyl (C=O) groups is 1. The van der Waals surface area contributed by atoms with E-state index in [4.69, 9.17) is 0 Å². The monoisotopic (exact) mass is 414 g/mol. The highest BCUT2D eigenvalue weighted by atomic mass is 35.5. The van der Waals surface area contributed by atoms with Gasteiger partial charge in [-0.25, -0.2) is 8.42 Å². The number of carbonyl (C=O) groups excluding carboxylic acids is 1. The molecule has 0 spiro atoms. The second-order valence-corrected chi connectivity index (χ2v) is 8.44. The molecule has 7 nitrogen and oxygen atoms in total. The van der Waals surface area contributed by atoms with Gasteiger partial charge in [-0.3, -0.25) is 14.5 Å². The Labute approximate surface area is 166 Å². The van der Waals surface area contributed by atoms with E-state index in [2.05, 4.69) is 20.3 Å². The molecule has 3 N–H and O–H groups in total. The zero-order chi connectivity index (χ0) is 18.4. The highest BCUT2D eigenvalue weighted by Crippen LogP contribution is 2.22. The van der Waals surface area contributed by atoms with Crippen LogP contribution in [-0.2, 0) is 14.8 Å². The molecule has 0 aromatic heterocycles. The van der Waals surface area contributed by atoms with Crippen molar-refractivity contribution in [2.75, 3.05) is 26.2 Å². The molecule has 1 atom stereocenters. The zero-order valence-electron chi connectivity index (χ0n) is 15.2. The van der Waals surface area contributed by atoms with E-state index in [-0.39, 0.29) is 23.2 Å². The van der Waals surface area contributed by atoms with Gasteiger partial charge in [-0.2, -0.15) is 0 Å². The molecular formula is C18H27ClN4O3S. The standard InChI is InChI=1S/C18H26N4O3S.ClH/c23-17(20-12-9-14-5-3-10-19-13-14)8-4-11-21-18-15-6-1-2-7-16(15)26(24,25)22-18;/h1-2,6-7,14,19H,3-5,8-13H2,(H,20,23)(H,21,22);1H. The fraction of sp³-hybridized carbons (Fsp3) is 0.556. The maximum absolute atomic E-state index is 12.0. The van der Waals surface area contributed by atoms with Crippen LogP contribution in [0.25, 0.3) is 0 Å². The smallest absolute Gasteiger partial charge is 0.263 e. The molecule has 2 aliphatic heterocycles. The molecule has 0 saturated carbocycles. The van der Waals surface area contributed by atoms with Gasteiger partial charge in [-0.05, 0) is 56.8 Å². The maximum Gasteiger partial charge on any atom is 0.263 e. The molecule has 9 heteroatoms. The highest BCUT2D eigenvalue weighted by Gasteiger charge is 2.29. The van der Waals surface area contributed by atoms with Crippen molar-refractivity contribution in [1.29, 1.82) is 0 Å². The molecule has 1 saturated heterocycles. The summed E-state index contributed by atoms with van der Waals surface area (Å²) in [4.78, 5) is 16.5. The number of fused-ring (bicyclic) bond motifs is 1. The van der Waals surface area contributed by atoms with Crippen LogP contribution in [0.2, 0.25) is 0 Å². The summed E-state index contributed by atoms with van der Waals surface area (Å²) in [6.45, 7) is 3.27. The molecule has 1 fully saturated rings. The Bertz CT molecular complexity index is 777. The van der Waals surface area contributed by atoms with E-state index in [1.807, 2.05) is 0 Å². The third-order valence-corrected chi connectivity index (χ3v) is 6.17. The molecule has 2 heterocycles. The fourth-order valence-electron chi connectivity index (χ4n) is 3.36. The third kappa shape index (κ3) is 5.92. The Morgan fingerprint density at radius 2 is 2.11 bits per heavy atom. The topological polar surface area (TPSA) is 99.7 Å². The Kier molecular flexibility index (Phi) is 8.07. The van der Waals surface area contributed by atoms with Crippen LogP contribution in [0.5, 0.6) is 0 Å². The Morgan fingerprint density at radius 1 is 1.30 bits per heavy atom. The first-order valence-corrected chi connectivity index (χ1v) is 10.7. The Balaban J connectivity index is 0.00000261. The van der Waals surface area contributed by atoms with E-state index in [9.17, 15) is 13.2 Å². The second-order valence-electron chi connectivity index (χ2n) is 6.79. The predicted octanol–water partition coefficient (Wildman–Crippen LogP) is 1.43. The van der Waals surface area contributed by atoms with Crippen molar-refractivity contribution in [2.24, 2.45) is 10.9 Å². The lowest BCUT2D eigenvalue weighted by Crippen LogP contribution is -2.33. The van der Waals surface area contributed by atoms with Gasteiger partial charge in [0.1, 0.15) is 5.84 Å². The van der Waals surface area contributed by atoms with Gasteiger partial charge in [0.05, 0.1) is 4.90 Å². The van der Waals surface area contributed by atoms with Gasteiger partial charge < -0.3 is 10.6 Å². The number of nitrogens with zero attached hydrogens (tertiary/aromatic N) is 1. The number of amidine groups is 1. The molecule has 3 rings (SSSR count). The molecule has 1 aromatic carbocycles. The van der Waals surface area contributed by atoms with Crippen LogP contribution >= 0.6 is 12.4 Å². The van der Waals surface area contributed by atoms with E-state index in [1.54, 1.807) is 24.3 Å². The minimum atomic E-state index is -3.50. The molecule has 0 aliphatic carbocycles. The number of piperidine rings is 1. The van der Waals surface area contributed by atoms with Gasteiger partial charge in [0, 0.05) is 25.1 Å². The number of nitrogens with one attached hydrogen (secondary N) is 3. The van der Waals surface area contributed by atoms with E-state index in [0.717, 1.165) is 19.5 Å². The lowest BCUT2D eigenvalue weighted by Gasteiger charge is -2.22. The molecular weight excluding hydrogens is 388 g/mol. The van der Waals surface area contributed by atoms with Crippen molar-refractivity contribution in [3.05, 3.63) is 29.8 Å². The fourth-order valence-corrected chi connectivity index (χ4v) is 4.61. The number of rotatable bonds is 7. The summed E-state index contributed by atoms with van der Waals surface area (Å²) in [7, 11) is -3.50. The van der Waals surface area contributed by atoms with E-state index in [0.29, 0.717) is 43.2 Å². The molecule has 0 radical (unpaired) electrons. The van der Waals surface area contributed by atoms with Crippen molar-refractivity contribution in [1.82, 2.24) is 15.4 Å². The van der Waals surface area contributed by atoms with Crippen molar-refractivity contribution >= 4 is 34.2 Å². The summed E-state index contributed by atoms with van der Waals surface area (Å²) in [6.07, 6.45) is 4.45. The van der Waals surface area contributed by atoms with Gasteiger partial charge >= 0.3 is 0 Å². The normalized spacial score (nSPS) is 21.8. The lowest BCUT2D eigenvalue weighted by molar-refractivity contribution is -0.121. The van der Waals surface area contributed by atoms with Crippen molar-refractivity contribution in [3.63, 3.8) is 0 Å². The van der Waals surface area contributed by atoms with E-state index in [1.165, 1.54) is 12.8 Å². The lowest BCUT2D eigenvalue weighted by atomic mass is 9.96. The third-order valence-electron chi connectivity index (χ3n) is 4.77. The number of hydrogen-bond acceptors (Lipinski definition) is 5. The average Bonchev–Trinajstić information content (AvgIpc) is 2.91. The molecule has 2 aliphatic rings. The summed E-state index contributed by atoms with van der Waals surface area (Å²) in [5, 5.41) is 6.34.